The summed E-state index contributed by atoms with van der Waals surface area (Å²) in [6.45, 7) is 7.87. The van der Waals surface area contributed by atoms with Crippen molar-refractivity contribution in [2.45, 2.75) is 27.3 Å². The van der Waals surface area contributed by atoms with Gasteiger partial charge in [-0.25, -0.2) is 0 Å². The van der Waals surface area contributed by atoms with Gasteiger partial charge in [-0.2, -0.15) is 0 Å². The molecule has 0 atom stereocenters. The fraction of sp³-hybridized carbons (Fsp3) is 0.385. The lowest BCUT2D eigenvalue weighted by atomic mass is 9.97. The summed E-state index contributed by atoms with van der Waals surface area (Å²) in [6, 6.07) is 10.7. The predicted octanol–water partition coefficient (Wildman–Crippen LogP) is 3.69. The van der Waals surface area contributed by atoms with Crippen LogP contribution in [0.5, 0.6) is 0 Å². The molecule has 0 fully saturated rings. The third-order valence-corrected chi connectivity index (χ3v) is 2.32. The molecule has 0 aliphatic heterocycles. The van der Waals surface area contributed by atoms with Gasteiger partial charge in [-0.05, 0) is 22.9 Å². The van der Waals surface area contributed by atoms with E-state index in [4.69, 9.17) is 0 Å². The van der Waals surface area contributed by atoms with Crippen LogP contribution in [0.25, 0.3) is 10.9 Å². The summed E-state index contributed by atoms with van der Waals surface area (Å²) in [7, 11) is 0. The number of hydrogen-bond acceptors (Lipinski definition) is 0. The van der Waals surface area contributed by atoms with Gasteiger partial charge in [-0.1, -0.05) is 39.0 Å². The summed E-state index contributed by atoms with van der Waals surface area (Å²) in [5, 5.41) is 1.33. The number of hydrogen-bond donors (Lipinski definition) is 0. The van der Waals surface area contributed by atoms with Gasteiger partial charge in [0.05, 0.1) is 0 Å². The van der Waals surface area contributed by atoms with Crippen molar-refractivity contribution in [3.63, 3.8) is 0 Å². The molecule has 0 amide bonds. The zero-order valence-corrected chi connectivity index (χ0v) is 9.12. The standard InChI is InChI=1S/C13H17N/c1-13(2,3)10-14-9-8-11-6-4-5-7-12(11)14/h4-9H,10H2,1-3H3. The molecular weight excluding hydrogens is 170 g/mol. The summed E-state index contributed by atoms with van der Waals surface area (Å²) in [5.41, 5.74) is 1.67. The molecule has 0 aliphatic rings. The first-order valence-corrected chi connectivity index (χ1v) is 5.10. The number of rotatable bonds is 1. The largest absolute Gasteiger partial charge is 0.347 e. The molecule has 0 saturated carbocycles. The van der Waals surface area contributed by atoms with Crippen LogP contribution >= 0.6 is 0 Å². The summed E-state index contributed by atoms with van der Waals surface area (Å²) < 4.78 is 2.33. The maximum absolute atomic E-state index is 2.33. The van der Waals surface area contributed by atoms with E-state index >= 15 is 0 Å². The monoisotopic (exact) mass is 187 g/mol. The minimum Gasteiger partial charge on any atom is -0.347 e. The van der Waals surface area contributed by atoms with Gasteiger partial charge in [0.2, 0.25) is 0 Å². The lowest BCUT2D eigenvalue weighted by Crippen LogP contribution is -2.14. The first-order valence-electron chi connectivity index (χ1n) is 5.10. The molecule has 2 rings (SSSR count). The van der Waals surface area contributed by atoms with E-state index in [2.05, 4.69) is 61.9 Å². The van der Waals surface area contributed by atoms with Crippen molar-refractivity contribution in [1.82, 2.24) is 4.57 Å². The molecule has 1 heterocycles. The van der Waals surface area contributed by atoms with Gasteiger partial charge in [-0.3, -0.25) is 0 Å². The van der Waals surface area contributed by atoms with Crippen molar-refractivity contribution in [3.8, 4) is 0 Å². The molecule has 0 spiro atoms. The first kappa shape index (κ1) is 9.32. The highest BCUT2D eigenvalue weighted by atomic mass is 15.0. The van der Waals surface area contributed by atoms with Gasteiger partial charge in [-0.15, -0.1) is 0 Å². The van der Waals surface area contributed by atoms with Gasteiger partial charge >= 0.3 is 0 Å². The van der Waals surface area contributed by atoms with Crippen LogP contribution in [0.15, 0.2) is 36.5 Å². The number of benzene rings is 1. The number of fused-ring (bicyclic) bond motifs is 1. The van der Waals surface area contributed by atoms with Crippen LogP contribution in [-0.4, -0.2) is 4.57 Å². The van der Waals surface area contributed by atoms with E-state index in [1.165, 1.54) is 10.9 Å². The van der Waals surface area contributed by atoms with E-state index in [9.17, 15) is 0 Å². The summed E-state index contributed by atoms with van der Waals surface area (Å²) >= 11 is 0. The maximum atomic E-state index is 2.33. The normalized spacial score (nSPS) is 12.2. The van der Waals surface area contributed by atoms with Crippen molar-refractivity contribution in [1.29, 1.82) is 0 Å². The lowest BCUT2D eigenvalue weighted by Gasteiger charge is -2.19. The quantitative estimate of drug-likeness (QED) is 0.641. The molecule has 74 valence electrons. The Morgan fingerprint density at radius 1 is 1.07 bits per heavy atom. The fourth-order valence-electron chi connectivity index (χ4n) is 1.79. The van der Waals surface area contributed by atoms with E-state index < -0.39 is 0 Å². The molecule has 0 saturated heterocycles. The zero-order valence-electron chi connectivity index (χ0n) is 9.12. The number of nitrogens with zero attached hydrogens (tertiary/aromatic N) is 1. The SMILES string of the molecule is CC(C)(C)Cn1ccc2ccccc21. The summed E-state index contributed by atoms with van der Waals surface area (Å²) in [4.78, 5) is 0. The molecule has 0 unspecified atom stereocenters. The summed E-state index contributed by atoms with van der Waals surface area (Å²) in [5.74, 6) is 0. The first-order chi connectivity index (χ1) is 6.56. The van der Waals surface area contributed by atoms with Crippen LogP contribution in [0.1, 0.15) is 20.8 Å². The Morgan fingerprint density at radius 3 is 2.50 bits per heavy atom. The van der Waals surface area contributed by atoms with E-state index in [0.29, 0.717) is 5.41 Å². The van der Waals surface area contributed by atoms with Gasteiger partial charge in [0.15, 0.2) is 0 Å². The Kier molecular flexibility index (Phi) is 2.10. The van der Waals surface area contributed by atoms with E-state index in [0.717, 1.165) is 6.54 Å². The van der Waals surface area contributed by atoms with Crippen molar-refractivity contribution in [3.05, 3.63) is 36.5 Å². The molecule has 14 heavy (non-hydrogen) atoms. The molecule has 1 aromatic carbocycles. The molecule has 1 nitrogen and oxygen atoms in total. The van der Waals surface area contributed by atoms with Gasteiger partial charge in [0.25, 0.3) is 0 Å². The minimum absolute atomic E-state index is 0.335. The van der Waals surface area contributed by atoms with Crippen molar-refractivity contribution in [2.75, 3.05) is 0 Å². The zero-order chi connectivity index (χ0) is 10.2. The van der Waals surface area contributed by atoms with Crippen molar-refractivity contribution < 1.29 is 0 Å². The highest BCUT2D eigenvalue weighted by molar-refractivity contribution is 5.79. The summed E-state index contributed by atoms with van der Waals surface area (Å²) in [6.07, 6.45) is 2.18. The topological polar surface area (TPSA) is 4.93 Å². The highest BCUT2D eigenvalue weighted by Gasteiger charge is 2.11. The van der Waals surface area contributed by atoms with Gasteiger partial charge in [0, 0.05) is 18.3 Å². The Bertz CT molecular complexity index is 432. The molecule has 0 radical (unpaired) electrons. The smallest absolute Gasteiger partial charge is 0.0480 e. The molecule has 0 bridgehead atoms. The van der Waals surface area contributed by atoms with Crippen molar-refractivity contribution in [2.24, 2.45) is 5.41 Å². The van der Waals surface area contributed by atoms with Gasteiger partial charge < -0.3 is 4.57 Å². The van der Waals surface area contributed by atoms with Crippen LogP contribution in [0, 0.1) is 5.41 Å². The van der Waals surface area contributed by atoms with Crippen LogP contribution < -0.4 is 0 Å². The highest BCUT2D eigenvalue weighted by Crippen LogP contribution is 2.21. The lowest BCUT2D eigenvalue weighted by molar-refractivity contribution is 0.349. The predicted molar refractivity (Wildman–Crippen MR) is 61.4 cm³/mol. The molecule has 1 aromatic heterocycles. The average molecular weight is 187 g/mol. The Balaban J connectivity index is 2.44. The van der Waals surface area contributed by atoms with Crippen LogP contribution in [0.2, 0.25) is 0 Å². The average Bonchev–Trinajstić information content (AvgIpc) is 2.47. The second kappa shape index (κ2) is 3.16. The molecule has 1 heteroatoms. The van der Waals surface area contributed by atoms with Crippen LogP contribution in [-0.2, 0) is 6.54 Å². The maximum Gasteiger partial charge on any atom is 0.0480 e. The molecule has 0 aliphatic carbocycles. The van der Waals surface area contributed by atoms with Crippen LogP contribution in [0.4, 0.5) is 0 Å². The number of aromatic nitrogens is 1. The van der Waals surface area contributed by atoms with Gasteiger partial charge in [0.1, 0.15) is 0 Å². The fourth-order valence-corrected chi connectivity index (χ4v) is 1.79. The minimum atomic E-state index is 0.335. The second-order valence-electron chi connectivity index (χ2n) is 5.06. The van der Waals surface area contributed by atoms with E-state index in [1.54, 1.807) is 0 Å². The molecule has 2 aromatic rings. The van der Waals surface area contributed by atoms with E-state index in [1.807, 2.05) is 0 Å². The molecular formula is C13H17N. The second-order valence-corrected chi connectivity index (χ2v) is 5.06. The molecule has 0 N–H and O–H groups in total. The Labute approximate surface area is 85.4 Å². The number of para-hydroxylation sites is 1. The third-order valence-electron chi connectivity index (χ3n) is 2.32. The van der Waals surface area contributed by atoms with E-state index in [-0.39, 0.29) is 0 Å². The third kappa shape index (κ3) is 1.82. The Hall–Kier alpha value is -1.24. The van der Waals surface area contributed by atoms with Crippen LogP contribution in [0.3, 0.4) is 0 Å². The van der Waals surface area contributed by atoms with Crippen molar-refractivity contribution >= 4 is 10.9 Å². The Morgan fingerprint density at radius 2 is 1.79 bits per heavy atom.